The van der Waals surface area contributed by atoms with Crippen LogP contribution in [-0.2, 0) is 22.6 Å². The largest absolute Gasteiger partial charge is 0.472 e. The minimum absolute atomic E-state index is 0.0228. The molecule has 0 unspecified atom stereocenters. The zero-order valence-corrected chi connectivity index (χ0v) is 16.9. The van der Waals surface area contributed by atoms with Crippen molar-refractivity contribution in [2.75, 3.05) is 32.8 Å². The van der Waals surface area contributed by atoms with Crippen LogP contribution >= 0.6 is 0 Å². The summed E-state index contributed by atoms with van der Waals surface area (Å²) in [6.45, 7) is 9.44. The van der Waals surface area contributed by atoms with Gasteiger partial charge in [-0.1, -0.05) is 0 Å². The highest BCUT2D eigenvalue weighted by atomic mass is 16.5. The number of hydrogen-bond acceptors (Lipinski definition) is 6. The van der Waals surface area contributed by atoms with Gasteiger partial charge in [0.05, 0.1) is 31.1 Å². The third-order valence-electron chi connectivity index (χ3n) is 6.19. The van der Waals surface area contributed by atoms with Crippen LogP contribution in [0.3, 0.4) is 0 Å². The average Bonchev–Trinajstić information content (AvgIpc) is 3.36. The third-order valence-corrected chi connectivity index (χ3v) is 6.19. The van der Waals surface area contributed by atoms with Gasteiger partial charge in [-0.05, 0) is 51.4 Å². The molecule has 2 aliphatic heterocycles. The van der Waals surface area contributed by atoms with Gasteiger partial charge in [0.1, 0.15) is 11.5 Å². The molecular weight excluding hydrogens is 356 g/mol. The summed E-state index contributed by atoms with van der Waals surface area (Å²) in [6, 6.07) is 6.06. The molecule has 0 amide bonds. The zero-order valence-electron chi connectivity index (χ0n) is 16.9. The van der Waals surface area contributed by atoms with E-state index in [1.807, 2.05) is 26.0 Å². The Labute approximate surface area is 166 Å². The van der Waals surface area contributed by atoms with E-state index in [0.717, 1.165) is 69.2 Å². The second-order valence-electron chi connectivity index (χ2n) is 8.23. The first-order valence-corrected chi connectivity index (χ1v) is 10.3. The lowest BCUT2D eigenvalue weighted by Gasteiger charge is -2.31. The van der Waals surface area contributed by atoms with Gasteiger partial charge in [0.2, 0.25) is 0 Å². The van der Waals surface area contributed by atoms with Crippen LogP contribution < -0.4 is 0 Å². The molecule has 0 bridgehead atoms. The van der Waals surface area contributed by atoms with Crippen LogP contribution in [0.25, 0.3) is 0 Å². The van der Waals surface area contributed by atoms with E-state index in [-0.39, 0.29) is 11.9 Å². The summed E-state index contributed by atoms with van der Waals surface area (Å²) in [5, 5.41) is 0. The molecule has 2 fully saturated rings. The highest BCUT2D eigenvalue weighted by Crippen LogP contribution is 2.44. The van der Waals surface area contributed by atoms with Crippen molar-refractivity contribution in [2.45, 2.75) is 39.8 Å². The lowest BCUT2D eigenvalue weighted by molar-refractivity contribution is -0.157. The molecule has 2 aliphatic rings. The number of esters is 1. The summed E-state index contributed by atoms with van der Waals surface area (Å²) >= 11 is 0. The fraction of sp³-hybridized carbons (Fsp3) is 0.591. The number of fused-ring (bicyclic) bond motifs is 1. The van der Waals surface area contributed by atoms with Crippen LogP contribution in [0.5, 0.6) is 0 Å². The minimum Gasteiger partial charge on any atom is -0.472 e. The Balaban J connectivity index is 1.52. The topological polar surface area (TPSA) is 59.1 Å². The van der Waals surface area contributed by atoms with Crippen LogP contribution in [0.1, 0.15) is 36.8 Å². The van der Waals surface area contributed by atoms with Crippen molar-refractivity contribution in [1.82, 2.24) is 9.80 Å². The quantitative estimate of drug-likeness (QED) is 0.709. The maximum absolute atomic E-state index is 13.1. The number of furan rings is 2. The van der Waals surface area contributed by atoms with Crippen molar-refractivity contribution in [3.8, 4) is 0 Å². The Hall–Kier alpha value is -2.05. The van der Waals surface area contributed by atoms with Crippen LogP contribution in [0.4, 0.5) is 0 Å². The van der Waals surface area contributed by atoms with Gasteiger partial charge in [-0.2, -0.15) is 0 Å². The predicted molar refractivity (Wildman–Crippen MR) is 104 cm³/mol. The lowest BCUT2D eigenvalue weighted by atomic mass is 9.75. The molecule has 6 heteroatoms. The van der Waals surface area contributed by atoms with Gasteiger partial charge in [-0.15, -0.1) is 0 Å². The minimum atomic E-state index is -0.409. The number of likely N-dealkylation sites (tertiary alicyclic amines) is 2. The van der Waals surface area contributed by atoms with E-state index in [1.165, 1.54) is 0 Å². The molecule has 0 spiro atoms. The molecule has 0 aliphatic carbocycles. The maximum Gasteiger partial charge on any atom is 0.313 e. The number of rotatable bonds is 6. The number of carbonyl (C=O) groups is 1. The number of ether oxygens (including phenoxy) is 1. The van der Waals surface area contributed by atoms with E-state index in [9.17, 15) is 4.79 Å². The molecule has 152 valence electrons. The van der Waals surface area contributed by atoms with Crippen molar-refractivity contribution in [3.05, 3.63) is 47.8 Å². The highest BCUT2D eigenvalue weighted by molar-refractivity contribution is 5.78. The van der Waals surface area contributed by atoms with E-state index < -0.39 is 5.41 Å². The van der Waals surface area contributed by atoms with Crippen LogP contribution in [0.15, 0.2) is 39.6 Å². The van der Waals surface area contributed by atoms with Gasteiger partial charge in [-0.25, -0.2) is 0 Å². The summed E-state index contributed by atoms with van der Waals surface area (Å²) in [4.78, 5) is 17.9. The fourth-order valence-electron chi connectivity index (χ4n) is 4.92. The molecule has 6 nitrogen and oxygen atoms in total. The number of nitrogens with zero attached hydrogens (tertiary/aromatic N) is 2. The molecule has 0 aromatic carbocycles. The number of aryl methyl sites for hydroxylation is 1. The second kappa shape index (κ2) is 8.13. The first-order chi connectivity index (χ1) is 13.6. The van der Waals surface area contributed by atoms with E-state index in [2.05, 4.69) is 15.9 Å². The summed E-state index contributed by atoms with van der Waals surface area (Å²) in [5.74, 6) is 2.18. The van der Waals surface area contributed by atoms with Crippen LogP contribution in [-0.4, -0.2) is 48.6 Å². The van der Waals surface area contributed by atoms with Gasteiger partial charge in [-0.3, -0.25) is 14.6 Å². The Kier molecular flexibility index (Phi) is 5.60. The van der Waals surface area contributed by atoms with E-state index in [0.29, 0.717) is 6.61 Å². The monoisotopic (exact) mass is 386 g/mol. The summed E-state index contributed by atoms with van der Waals surface area (Å²) in [7, 11) is 0. The molecule has 0 radical (unpaired) electrons. The van der Waals surface area contributed by atoms with Crippen molar-refractivity contribution in [1.29, 1.82) is 0 Å². The molecule has 0 N–H and O–H groups in total. The molecule has 2 atom stereocenters. The molecule has 0 saturated carbocycles. The van der Waals surface area contributed by atoms with Gasteiger partial charge >= 0.3 is 5.97 Å². The molecule has 4 heterocycles. The molecule has 2 aromatic heterocycles. The molecular formula is C22H30N2O4. The van der Waals surface area contributed by atoms with Gasteiger partial charge in [0.15, 0.2) is 0 Å². The van der Waals surface area contributed by atoms with Gasteiger partial charge in [0, 0.05) is 37.7 Å². The fourth-order valence-corrected chi connectivity index (χ4v) is 4.92. The van der Waals surface area contributed by atoms with Crippen molar-refractivity contribution >= 4 is 5.97 Å². The smallest absolute Gasteiger partial charge is 0.313 e. The van der Waals surface area contributed by atoms with E-state index in [4.69, 9.17) is 13.6 Å². The highest BCUT2D eigenvalue weighted by Gasteiger charge is 2.53. The van der Waals surface area contributed by atoms with E-state index in [1.54, 1.807) is 12.5 Å². The maximum atomic E-state index is 13.1. The SMILES string of the molecule is CCOC(=O)[C@]12CCCN(Cc3ccc(C)o3)C[C@H]1CN(Cc1ccoc1)C2. The average molecular weight is 386 g/mol. The van der Waals surface area contributed by atoms with Crippen LogP contribution in [0, 0.1) is 18.3 Å². The standard InChI is InChI=1S/C22H30N2O4/c1-3-27-21(25)22-8-4-9-23(14-20-6-5-17(2)28-20)12-19(22)13-24(16-22)11-18-7-10-26-15-18/h5-7,10,15,19H,3-4,8-9,11-14,16H2,1-2H3/t19-,22-/m0/s1. The Morgan fingerprint density at radius 1 is 1.25 bits per heavy atom. The first-order valence-electron chi connectivity index (χ1n) is 10.3. The molecule has 2 saturated heterocycles. The normalized spacial score (nSPS) is 26.1. The van der Waals surface area contributed by atoms with Crippen molar-refractivity contribution in [2.24, 2.45) is 11.3 Å². The Morgan fingerprint density at radius 2 is 2.11 bits per heavy atom. The zero-order chi connectivity index (χ0) is 19.6. The third kappa shape index (κ3) is 3.89. The summed E-state index contributed by atoms with van der Waals surface area (Å²) in [6.07, 6.45) is 5.37. The Morgan fingerprint density at radius 3 is 2.82 bits per heavy atom. The second-order valence-corrected chi connectivity index (χ2v) is 8.23. The van der Waals surface area contributed by atoms with Crippen molar-refractivity contribution < 1.29 is 18.4 Å². The molecule has 4 rings (SSSR count). The number of carbonyl (C=O) groups excluding carboxylic acids is 1. The van der Waals surface area contributed by atoms with E-state index >= 15 is 0 Å². The molecule has 28 heavy (non-hydrogen) atoms. The summed E-state index contributed by atoms with van der Waals surface area (Å²) in [5.41, 5.74) is 0.742. The van der Waals surface area contributed by atoms with Crippen molar-refractivity contribution in [3.63, 3.8) is 0 Å². The Bertz CT molecular complexity index is 784. The van der Waals surface area contributed by atoms with Crippen LogP contribution in [0.2, 0.25) is 0 Å². The van der Waals surface area contributed by atoms with Gasteiger partial charge in [0.25, 0.3) is 0 Å². The van der Waals surface area contributed by atoms with Gasteiger partial charge < -0.3 is 13.6 Å². The predicted octanol–water partition coefficient (Wildman–Crippen LogP) is 3.46. The first kappa shape index (κ1) is 19.3. The molecule has 2 aromatic rings. The summed E-state index contributed by atoms with van der Waals surface area (Å²) < 4.78 is 16.6. The number of hydrogen-bond donors (Lipinski definition) is 0. The lowest BCUT2D eigenvalue weighted by Crippen LogP contribution is -2.42.